The van der Waals surface area contributed by atoms with E-state index in [0.29, 0.717) is 23.3 Å². The van der Waals surface area contributed by atoms with Crippen LogP contribution in [-0.2, 0) is 6.54 Å². The summed E-state index contributed by atoms with van der Waals surface area (Å²) in [6.45, 7) is 0.439. The molecule has 0 atom stereocenters. The molecule has 5 aromatic rings. The Labute approximate surface area is 185 Å². The number of benzene rings is 3. The van der Waals surface area contributed by atoms with Crippen molar-refractivity contribution in [2.75, 3.05) is 5.32 Å². The van der Waals surface area contributed by atoms with Gasteiger partial charge in [0.15, 0.2) is 0 Å². The second-order valence-electron chi connectivity index (χ2n) is 7.13. The average molecular weight is 449 g/mol. The van der Waals surface area contributed by atoms with E-state index in [1.807, 2.05) is 24.3 Å². The van der Waals surface area contributed by atoms with Gasteiger partial charge in [0.05, 0.1) is 28.7 Å². The predicted molar refractivity (Wildman–Crippen MR) is 120 cm³/mol. The average Bonchev–Trinajstić information content (AvgIpc) is 3.15. The quantitative estimate of drug-likeness (QED) is 0.282. The lowest BCUT2D eigenvalue weighted by Crippen LogP contribution is -2.01. The van der Waals surface area contributed by atoms with Crippen LogP contribution < -0.4 is 5.32 Å². The molecule has 8 nitrogen and oxygen atoms in total. The third-order valence-electron chi connectivity index (χ3n) is 5.03. The minimum absolute atomic E-state index is 0.0132. The number of nitrogens with zero attached hydrogens (tertiary/aromatic N) is 5. The molecule has 0 saturated carbocycles. The van der Waals surface area contributed by atoms with Gasteiger partial charge in [0.1, 0.15) is 23.0 Å². The number of nitro groups is 1. The van der Waals surface area contributed by atoms with Crippen molar-refractivity contribution < 1.29 is 9.31 Å². The van der Waals surface area contributed by atoms with Crippen LogP contribution >= 0.6 is 11.6 Å². The second-order valence-corrected chi connectivity index (χ2v) is 7.54. The highest BCUT2D eigenvalue weighted by Crippen LogP contribution is 2.33. The van der Waals surface area contributed by atoms with Crippen LogP contribution in [0.5, 0.6) is 0 Å². The Bertz CT molecular complexity index is 1500. The van der Waals surface area contributed by atoms with E-state index in [0.717, 1.165) is 22.2 Å². The van der Waals surface area contributed by atoms with Gasteiger partial charge in [0, 0.05) is 22.5 Å². The van der Waals surface area contributed by atoms with Gasteiger partial charge in [-0.05, 0) is 42.0 Å². The molecular formula is C22H14ClFN6O2. The number of nitro benzene ring substituents is 1. The molecule has 0 saturated heterocycles. The molecule has 0 spiro atoms. The van der Waals surface area contributed by atoms with Gasteiger partial charge in [-0.3, -0.25) is 14.8 Å². The van der Waals surface area contributed by atoms with Crippen molar-refractivity contribution in [1.82, 2.24) is 19.7 Å². The normalized spacial score (nSPS) is 11.2. The summed E-state index contributed by atoms with van der Waals surface area (Å²) in [6, 6.07) is 14.8. The van der Waals surface area contributed by atoms with E-state index in [2.05, 4.69) is 20.4 Å². The first-order valence-electron chi connectivity index (χ1n) is 9.53. The van der Waals surface area contributed by atoms with Gasteiger partial charge in [-0.1, -0.05) is 23.7 Å². The molecule has 0 aliphatic rings. The number of nitrogens with one attached hydrogen (secondary N) is 1. The third-order valence-corrected chi connectivity index (χ3v) is 5.33. The van der Waals surface area contributed by atoms with Crippen molar-refractivity contribution in [3.8, 4) is 0 Å². The lowest BCUT2D eigenvalue weighted by atomic mass is 10.2. The fraction of sp³-hybridized carbons (Fsp3) is 0.0455. The zero-order chi connectivity index (χ0) is 22.2. The summed E-state index contributed by atoms with van der Waals surface area (Å²) in [5.41, 5.74) is 2.69. The van der Waals surface area contributed by atoms with Crippen LogP contribution in [0.2, 0.25) is 5.02 Å². The molecule has 158 valence electrons. The third kappa shape index (κ3) is 3.69. The highest BCUT2D eigenvalue weighted by molar-refractivity contribution is 6.33. The van der Waals surface area contributed by atoms with Crippen molar-refractivity contribution in [2.24, 2.45) is 0 Å². The summed E-state index contributed by atoms with van der Waals surface area (Å²) in [6.07, 6.45) is 3.09. The Hall–Kier alpha value is -4.11. The second kappa shape index (κ2) is 7.86. The highest BCUT2D eigenvalue weighted by atomic mass is 35.5. The van der Waals surface area contributed by atoms with Crippen LogP contribution in [0.1, 0.15) is 5.56 Å². The zero-order valence-electron chi connectivity index (χ0n) is 16.4. The first-order valence-corrected chi connectivity index (χ1v) is 9.91. The lowest BCUT2D eigenvalue weighted by molar-refractivity contribution is -0.384. The first-order chi connectivity index (χ1) is 15.5. The van der Waals surface area contributed by atoms with E-state index in [1.54, 1.807) is 16.9 Å². The van der Waals surface area contributed by atoms with E-state index in [-0.39, 0.29) is 16.5 Å². The summed E-state index contributed by atoms with van der Waals surface area (Å²) in [7, 11) is 0. The Morgan fingerprint density at radius 3 is 2.81 bits per heavy atom. The summed E-state index contributed by atoms with van der Waals surface area (Å²) < 4.78 is 15.3. The number of anilines is 2. The lowest BCUT2D eigenvalue weighted by Gasteiger charge is -2.09. The fourth-order valence-electron chi connectivity index (χ4n) is 3.54. The zero-order valence-corrected chi connectivity index (χ0v) is 17.1. The molecule has 0 unspecified atom stereocenters. The van der Waals surface area contributed by atoms with Gasteiger partial charge in [-0.25, -0.2) is 14.4 Å². The Kier molecular flexibility index (Phi) is 4.87. The fourth-order valence-corrected chi connectivity index (χ4v) is 3.77. The Morgan fingerprint density at radius 2 is 2.00 bits per heavy atom. The van der Waals surface area contributed by atoms with Gasteiger partial charge in [-0.2, -0.15) is 5.10 Å². The van der Waals surface area contributed by atoms with Crippen molar-refractivity contribution in [2.45, 2.75) is 6.54 Å². The van der Waals surface area contributed by atoms with E-state index < -0.39 is 4.92 Å². The molecule has 0 aliphatic heterocycles. The smallest absolute Gasteiger partial charge is 0.288 e. The molecule has 0 fully saturated rings. The van der Waals surface area contributed by atoms with E-state index in [4.69, 9.17) is 11.6 Å². The summed E-state index contributed by atoms with van der Waals surface area (Å²) in [5.74, 6) is 0.130. The maximum absolute atomic E-state index is 13.5. The van der Waals surface area contributed by atoms with Crippen LogP contribution in [0.3, 0.4) is 0 Å². The molecule has 0 bridgehead atoms. The van der Waals surface area contributed by atoms with Gasteiger partial charge in [0.25, 0.3) is 5.69 Å². The molecule has 0 aliphatic carbocycles. The van der Waals surface area contributed by atoms with Gasteiger partial charge in [-0.15, -0.1) is 0 Å². The van der Waals surface area contributed by atoms with E-state index in [9.17, 15) is 14.5 Å². The molecule has 2 heterocycles. The number of rotatable bonds is 5. The van der Waals surface area contributed by atoms with Crippen LogP contribution in [0, 0.1) is 15.9 Å². The van der Waals surface area contributed by atoms with Crippen molar-refractivity contribution in [3.05, 3.63) is 93.6 Å². The van der Waals surface area contributed by atoms with Gasteiger partial charge >= 0.3 is 0 Å². The Morgan fingerprint density at radius 1 is 1.12 bits per heavy atom. The highest BCUT2D eigenvalue weighted by Gasteiger charge is 2.16. The molecule has 0 radical (unpaired) electrons. The van der Waals surface area contributed by atoms with Crippen LogP contribution in [0.15, 0.2) is 67.1 Å². The summed E-state index contributed by atoms with van der Waals surface area (Å²) >= 11 is 5.99. The van der Waals surface area contributed by atoms with Crippen molar-refractivity contribution in [1.29, 1.82) is 0 Å². The largest absolute Gasteiger partial charge is 0.340 e. The van der Waals surface area contributed by atoms with Gasteiger partial charge in [0.2, 0.25) is 0 Å². The van der Waals surface area contributed by atoms with Crippen LogP contribution in [0.4, 0.5) is 21.6 Å². The molecular weight excluding hydrogens is 435 g/mol. The molecule has 1 N–H and O–H groups in total. The minimum atomic E-state index is -0.544. The van der Waals surface area contributed by atoms with Crippen LogP contribution in [0.25, 0.3) is 21.8 Å². The monoisotopic (exact) mass is 448 g/mol. The minimum Gasteiger partial charge on any atom is -0.340 e. The number of hydrogen-bond acceptors (Lipinski definition) is 6. The topological polar surface area (TPSA) is 98.8 Å². The summed E-state index contributed by atoms with van der Waals surface area (Å²) in [4.78, 5) is 19.1. The number of aromatic nitrogens is 4. The Balaban J connectivity index is 1.48. The molecule has 0 amide bonds. The van der Waals surface area contributed by atoms with E-state index >= 15 is 0 Å². The maximum atomic E-state index is 13.5. The molecule has 3 aromatic carbocycles. The number of hydrogen-bond donors (Lipinski definition) is 1. The predicted octanol–water partition coefficient (Wildman–Crippen LogP) is 5.47. The first kappa shape index (κ1) is 19.8. The maximum Gasteiger partial charge on any atom is 0.288 e. The SMILES string of the molecule is O=[N+]([O-])c1cc2c(Nc3ccc4c(cnn4Cc4cccc(F)c4)c3)ncnc2cc1Cl. The molecule has 10 heteroatoms. The van der Waals surface area contributed by atoms with Crippen LogP contribution in [-0.4, -0.2) is 24.7 Å². The number of fused-ring (bicyclic) bond motifs is 2. The van der Waals surface area contributed by atoms with Crippen molar-refractivity contribution >= 4 is 50.6 Å². The van der Waals surface area contributed by atoms with E-state index in [1.165, 1.54) is 30.6 Å². The summed E-state index contributed by atoms with van der Waals surface area (Å²) in [5, 5.41) is 20.2. The molecule has 5 rings (SSSR count). The molecule has 32 heavy (non-hydrogen) atoms. The standard InChI is InChI=1S/C22H14ClFN6O2/c23-18-9-19-17(8-21(18)30(31)32)22(26-12-25-19)28-16-4-5-20-14(7-16)10-27-29(20)11-13-2-1-3-15(24)6-13/h1-10,12H,11H2,(H,25,26,28). The molecule has 2 aromatic heterocycles. The van der Waals surface area contributed by atoms with Crippen molar-refractivity contribution in [3.63, 3.8) is 0 Å². The number of halogens is 2. The van der Waals surface area contributed by atoms with Gasteiger partial charge < -0.3 is 5.32 Å².